The fraction of sp³-hybridized carbons (Fsp3) is 0.375. The molecule has 8 nitrogen and oxygen atoms in total. The molecule has 2 aliphatic rings. The number of hydrogen-bond donors (Lipinski definition) is 0. The van der Waals surface area contributed by atoms with Crippen molar-refractivity contribution >= 4 is 17.1 Å². The number of anilines is 1. The van der Waals surface area contributed by atoms with Crippen molar-refractivity contribution in [1.82, 2.24) is 29.7 Å². The fourth-order valence-corrected chi connectivity index (χ4v) is 4.06. The molecule has 4 aromatic rings. The Morgan fingerprint density at radius 3 is 2.47 bits per heavy atom. The molecular weight excluding hydrogens is 440 g/mol. The van der Waals surface area contributed by atoms with Gasteiger partial charge >= 0.3 is 0 Å². The molecule has 1 fully saturated rings. The molecule has 176 valence electrons. The number of hydrogen-bond acceptors (Lipinski definition) is 7. The number of aryl methyl sites for hydroxylation is 4. The van der Waals surface area contributed by atoms with E-state index in [9.17, 15) is 8.78 Å². The van der Waals surface area contributed by atoms with Gasteiger partial charge in [-0.25, -0.2) is 23.7 Å². The molecule has 1 aromatic carbocycles. The predicted molar refractivity (Wildman–Crippen MR) is 124 cm³/mol. The van der Waals surface area contributed by atoms with E-state index in [1.54, 1.807) is 0 Å². The summed E-state index contributed by atoms with van der Waals surface area (Å²) < 4.78 is 35.2. The summed E-state index contributed by atoms with van der Waals surface area (Å²) >= 11 is 0. The van der Waals surface area contributed by atoms with Crippen molar-refractivity contribution in [3.63, 3.8) is 0 Å². The van der Waals surface area contributed by atoms with Gasteiger partial charge in [0.15, 0.2) is 5.65 Å². The number of rotatable bonds is 2. The van der Waals surface area contributed by atoms with Crippen LogP contribution >= 0.6 is 0 Å². The van der Waals surface area contributed by atoms with Crippen LogP contribution in [-0.2, 0) is 17.7 Å². The van der Waals surface area contributed by atoms with Gasteiger partial charge in [0.25, 0.3) is 0 Å². The summed E-state index contributed by atoms with van der Waals surface area (Å²) in [7, 11) is 0. The maximum Gasteiger partial charge on any atom is 0.228 e. The highest BCUT2D eigenvalue weighted by Crippen LogP contribution is 2.29. The zero-order chi connectivity index (χ0) is 23.7. The monoisotopic (exact) mass is 465 g/mol. The van der Waals surface area contributed by atoms with E-state index in [1.165, 1.54) is 30.7 Å². The maximum absolute atomic E-state index is 14.4. The lowest BCUT2D eigenvalue weighted by atomic mass is 10.1. The summed E-state index contributed by atoms with van der Waals surface area (Å²) in [5, 5.41) is 4.11. The summed E-state index contributed by atoms with van der Waals surface area (Å²) in [5.41, 5.74) is 4.12. The first-order valence-electron chi connectivity index (χ1n) is 11.3. The Balaban J connectivity index is 0.000000252. The molecule has 0 N–H and O–H groups in total. The minimum atomic E-state index is -0.696. The Morgan fingerprint density at radius 1 is 0.912 bits per heavy atom. The third-order valence-electron chi connectivity index (χ3n) is 6.02. The Hall–Kier alpha value is -3.53. The molecule has 34 heavy (non-hydrogen) atoms. The molecule has 3 aromatic heterocycles. The first-order chi connectivity index (χ1) is 16.5. The zero-order valence-electron chi connectivity index (χ0n) is 19.1. The Bertz CT molecular complexity index is 1320. The van der Waals surface area contributed by atoms with Gasteiger partial charge in [-0.15, -0.1) is 0 Å². The van der Waals surface area contributed by atoms with Crippen LogP contribution in [0.5, 0.6) is 0 Å². The lowest BCUT2D eigenvalue weighted by Gasteiger charge is -2.27. The van der Waals surface area contributed by atoms with Crippen molar-refractivity contribution in [2.75, 3.05) is 31.2 Å². The van der Waals surface area contributed by atoms with E-state index in [2.05, 4.69) is 35.8 Å². The van der Waals surface area contributed by atoms with E-state index in [0.717, 1.165) is 18.3 Å². The van der Waals surface area contributed by atoms with Crippen LogP contribution in [0.3, 0.4) is 0 Å². The number of halogens is 2. The van der Waals surface area contributed by atoms with Gasteiger partial charge in [0.2, 0.25) is 5.95 Å². The molecule has 10 heteroatoms. The molecule has 1 saturated heterocycles. The number of ether oxygens (including phenoxy) is 1. The molecule has 6 rings (SSSR count). The van der Waals surface area contributed by atoms with Crippen LogP contribution in [0.2, 0.25) is 0 Å². The van der Waals surface area contributed by atoms with Crippen molar-refractivity contribution in [2.45, 2.75) is 33.2 Å². The maximum atomic E-state index is 14.4. The van der Waals surface area contributed by atoms with Gasteiger partial charge in [-0.05, 0) is 44.9 Å². The van der Waals surface area contributed by atoms with Crippen LogP contribution in [0.1, 0.15) is 23.5 Å². The van der Waals surface area contributed by atoms with Crippen LogP contribution in [0.15, 0.2) is 30.5 Å². The topological polar surface area (TPSA) is 81.9 Å². The van der Waals surface area contributed by atoms with Gasteiger partial charge in [-0.1, -0.05) is 0 Å². The first kappa shape index (κ1) is 22.3. The van der Waals surface area contributed by atoms with Crippen LogP contribution in [0, 0.1) is 25.5 Å². The molecule has 2 aliphatic heterocycles. The highest BCUT2D eigenvalue weighted by molar-refractivity contribution is 5.88. The normalized spacial score (nSPS) is 15.2. The molecule has 5 heterocycles. The second-order valence-corrected chi connectivity index (χ2v) is 8.31. The summed E-state index contributed by atoms with van der Waals surface area (Å²) in [5.74, 6) is -0.897. The first-order valence-corrected chi connectivity index (χ1v) is 11.3. The summed E-state index contributed by atoms with van der Waals surface area (Å²) in [6.45, 7) is 7.20. The third-order valence-corrected chi connectivity index (χ3v) is 6.02. The Kier molecular flexibility index (Phi) is 6.14. The molecule has 0 spiro atoms. The van der Waals surface area contributed by atoms with Crippen LogP contribution < -0.4 is 4.90 Å². The van der Waals surface area contributed by atoms with Gasteiger partial charge in [0.1, 0.15) is 22.8 Å². The lowest BCUT2D eigenvalue weighted by molar-refractivity contribution is 0.122. The average molecular weight is 466 g/mol. The van der Waals surface area contributed by atoms with Crippen molar-refractivity contribution < 1.29 is 13.5 Å². The third kappa shape index (κ3) is 4.45. The van der Waals surface area contributed by atoms with Crippen LogP contribution in [0.4, 0.5) is 14.7 Å². The smallest absolute Gasteiger partial charge is 0.228 e. The SMILES string of the molecule is Cc1nc2nc(N3CCOCC3)nc(-c3ccc(F)cc3F)c2nc1C.c1cc2n(n1)CCC2. The van der Waals surface area contributed by atoms with Crippen molar-refractivity contribution in [3.05, 3.63) is 59.2 Å². The Labute approximate surface area is 195 Å². The van der Waals surface area contributed by atoms with E-state index in [1.807, 2.05) is 24.9 Å². The highest BCUT2D eigenvalue weighted by atomic mass is 19.1. The minimum absolute atomic E-state index is 0.172. The quantitative estimate of drug-likeness (QED) is 0.447. The number of fused-ring (bicyclic) bond motifs is 2. The molecule has 0 aliphatic carbocycles. The summed E-state index contributed by atoms with van der Waals surface area (Å²) in [4.78, 5) is 20.0. The molecule has 0 bridgehead atoms. The average Bonchev–Trinajstić information content (AvgIpc) is 3.46. The number of morpholine rings is 1. The number of benzene rings is 1. The molecule has 0 unspecified atom stereocenters. The molecule has 0 radical (unpaired) electrons. The summed E-state index contributed by atoms with van der Waals surface area (Å²) in [6.07, 6.45) is 4.37. The second kappa shape index (κ2) is 9.38. The van der Waals surface area contributed by atoms with Gasteiger partial charge in [0.05, 0.1) is 24.6 Å². The zero-order valence-corrected chi connectivity index (χ0v) is 19.1. The van der Waals surface area contributed by atoms with Gasteiger partial charge < -0.3 is 9.64 Å². The van der Waals surface area contributed by atoms with E-state index >= 15 is 0 Å². The van der Waals surface area contributed by atoms with Gasteiger partial charge in [-0.3, -0.25) is 4.68 Å². The van der Waals surface area contributed by atoms with E-state index in [-0.39, 0.29) is 5.56 Å². The largest absolute Gasteiger partial charge is 0.378 e. The predicted octanol–water partition coefficient (Wildman–Crippen LogP) is 3.65. The number of aromatic nitrogens is 6. The molecular formula is C24H25F2N7O. The lowest BCUT2D eigenvalue weighted by Crippen LogP contribution is -2.37. The van der Waals surface area contributed by atoms with E-state index in [4.69, 9.17) is 4.74 Å². The highest BCUT2D eigenvalue weighted by Gasteiger charge is 2.21. The van der Waals surface area contributed by atoms with Crippen LogP contribution in [-0.4, -0.2) is 56.0 Å². The standard InChI is InChI=1S/C18H17F2N5O.C6H8N2/c1-10-11(2)22-17-16(21-10)15(13-4-3-12(19)9-14(13)20)23-18(24-17)25-5-7-26-8-6-25;1-2-6-3-4-7-8(6)5-1/h3-4,9H,5-8H2,1-2H3;3-4H,1-2,5H2. The van der Waals surface area contributed by atoms with E-state index < -0.39 is 11.6 Å². The molecule has 0 saturated carbocycles. The second-order valence-electron chi connectivity index (χ2n) is 8.31. The van der Waals surface area contributed by atoms with Crippen molar-refractivity contribution in [1.29, 1.82) is 0 Å². The minimum Gasteiger partial charge on any atom is -0.378 e. The van der Waals surface area contributed by atoms with Gasteiger partial charge in [-0.2, -0.15) is 10.1 Å². The van der Waals surface area contributed by atoms with E-state index in [0.29, 0.717) is 54.8 Å². The van der Waals surface area contributed by atoms with Crippen molar-refractivity contribution in [2.24, 2.45) is 0 Å². The Morgan fingerprint density at radius 2 is 1.71 bits per heavy atom. The van der Waals surface area contributed by atoms with Gasteiger partial charge in [0, 0.05) is 43.2 Å². The number of nitrogens with zero attached hydrogens (tertiary/aromatic N) is 7. The van der Waals surface area contributed by atoms with Crippen LogP contribution in [0.25, 0.3) is 22.4 Å². The van der Waals surface area contributed by atoms with Crippen molar-refractivity contribution in [3.8, 4) is 11.3 Å². The summed E-state index contributed by atoms with van der Waals surface area (Å²) in [6, 6.07) is 5.50. The molecule has 0 amide bonds. The molecule has 0 atom stereocenters. The fourth-order valence-electron chi connectivity index (χ4n) is 4.06.